The molecule has 0 aliphatic rings. The lowest BCUT2D eigenvalue weighted by atomic mass is 10.1. The molecular weight excluding hydrogens is 312 g/mol. The van der Waals surface area contributed by atoms with Crippen LogP contribution in [0.4, 0.5) is 0 Å². The van der Waals surface area contributed by atoms with Crippen molar-refractivity contribution < 1.29 is 4.42 Å². The first-order chi connectivity index (χ1) is 9.81. The zero-order valence-electron chi connectivity index (χ0n) is 10.6. The van der Waals surface area contributed by atoms with Crippen LogP contribution in [0.3, 0.4) is 0 Å². The number of hydrogen-bond acceptors (Lipinski definition) is 1. The van der Waals surface area contributed by atoms with Crippen molar-refractivity contribution in [3.8, 4) is 11.3 Å². The highest BCUT2D eigenvalue weighted by Crippen LogP contribution is 2.33. The molecule has 0 unspecified atom stereocenters. The normalized spacial score (nSPS) is 11.2. The van der Waals surface area contributed by atoms with Gasteiger partial charge >= 0.3 is 0 Å². The Labute approximate surface area is 125 Å². The minimum Gasteiger partial charge on any atom is -0.456 e. The molecule has 4 rings (SSSR count). The predicted octanol–water partition coefficient (Wildman–Crippen LogP) is 6.02. The van der Waals surface area contributed by atoms with Crippen LogP contribution < -0.4 is 0 Å². The van der Waals surface area contributed by atoms with Crippen LogP contribution in [0.15, 0.2) is 75.6 Å². The van der Waals surface area contributed by atoms with E-state index in [0.29, 0.717) is 0 Å². The highest BCUT2D eigenvalue weighted by atomic mass is 79.9. The van der Waals surface area contributed by atoms with Crippen molar-refractivity contribution in [2.45, 2.75) is 0 Å². The summed E-state index contributed by atoms with van der Waals surface area (Å²) in [7, 11) is 0. The van der Waals surface area contributed by atoms with Crippen LogP contribution in [0.25, 0.3) is 33.1 Å². The molecule has 0 amide bonds. The summed E-state index contributed by atoms with van der Waals surface area (Å²) in [6.45, 7) is 0. The third kappa shape index (κ3) is 1.84. The Morgan fingerprint density at radius 2 is 1.55 bits per heavy atom. The second kappa shape index (κ2) is 4.50. The van der Waals surface area contributed by atoms with Crippen molar-refractivity contribution in [1.29, 1.82) is 0 Å². The maximum atomic E-state index is 5.99. The molecule has 2 heteroatoms. The molecule has 0 aliphatic heterocycles. The molecule has 20 heavy (non-hydrogen) atoms. The van der Waals surface area contributed by atoms with Gasteiger partial charge in [0.1, 0.15) is 11.3 Å². The topological polar surface area (TPSA) is 13.1 Å². The van der Waals surface area contributed by atoms with Gasteiger partial charge in [0.05, 0.1) is 0 Å². The molecule has 4 aromatic rings. The van der Waals surface area contributed by atoms with E-state index in [9.17, 15) is 0 Å². The van der Waals surface area contributed by atoms with Crippen molar-refractivity contribution in [2.75, 3.05) is 0 Å². The van der Waals surface area contributed by atoms with Gasteiger partial charge in [0.2, 0.25) is 0 Å². The molecule has 96 valence electrons. The molecule has 0 saturated heterocycles. The SMILES string of the molecule is Brc1ccc(-c2cc3c(ccc4ccccc43)o2)cc1. The van der Waals surface area contributed by atoms with Crippen molar-refractivity contribution in [1.82, 2.24) is 0 Å². The largest absolute Gasteiger partial charge is 0.456 e. The van der Waals surface area contributed by atoms with Gasteiger partial charge in [0, 0.05) is 15.4 Å². The maximum absolute atomic E-state index is 5.99. The van der Waals surface area contributed by atoms with Gasteiger partial charge in [0.15, 0.2) is 0 Å². The summed E-state index contributed by atoms with van der Waals surface area (Å²) in [6, 6.07) is 22.8. The van der Waals surface area contributed by atoms with Crippen LogP contribution in [0.5, 0.6) is 0 Å². The molecule has 0 atom stereocenters. The smallest absolute Gasteiger partial charge is 0.135 e. The number of halogens is 1. The molecule has 0 fully saturated rings. The van der Waals surface area contributed by atoms with Crippen molar-refractivity contribution in [2.24, 2.45) is 0 Å². The van der Waals surface area contributed by atoms with Crippen molar-refractivity contribution in [3.05, 3.63) is 71.2 Å². The van der Waals surface area contributed by atoms with Crippen LogP contribution in [0.1, 0.15) is 0 Å². The molecule has 3 aromatic carbocycles. The zero-order valence-corrected chi connectivity index (χ0v) is 12.2. The van der Waals surface area contributed by atoms with Crippen LogP contribution in [0.2, 0.25) is 0 Å². The molecule has 1 nitrogen and oxygen atoms in total. The highest BCUT2D eigenvalue weighted by molar-refractivity contribution is 9.10. The summed E-state index contributed by atoms with van der Waals surface area (Å²) in [5.41, 5.74) is 2.02. The molecule has 0 N–H and O–H groups in total. The first kappa shape index (κ1) is 11.7. The molecule has 1 aromatic heterocycles. The Kier molecular flexibility index (Phi) is 2.64. The fraction of sp³-hybridized carbons (Fsp3) is 0. The van der Waals surface area contributed by atoms with E-state index in [1.54, 1.807) is 0 Å². The first-order valence-electron chi connectivity index (χ1n) is 6.48. The Bertz CT molecular complexity index is 904. The number of furan rings is 1. The maximum Gasteiger partial charge on any atom is 0.135 e. The van der Waals surface area contributed by atoms with E-state index in [1.807, 2.05) is 18.2 Å². The molecule has 0 bridgehead atoms. The standard InChI is InChI=1S/C18H11BrO/c19-14-8-5-13(6-9-14)18-11-16-15-4-2-1-3-12(15)7-10-17(16)20-18/h1-11H. The summed E-state index contributed by atoms with van der Waals surface area (Å²) >= 11 is 3.45. The Balaban J connectivity index is 1.98. The van der Waals surface area contributed by atoms with E-state index < -0.39 is 0 Å². The molecule has 0 saturated carbocycles. The van der Waals surface area contributed by atoms with E-state index in [0.717, 1.165) is 21.4 Å². The van der Waals surface area contributed by atoms with E-state index >= 15 is 0 Å². The van der Waals surface area contributed by atoms with Gasteiger partial charge in [-0.15, -0.1) is 0 Å². The Hall–Kier alpha value is -2.06. The third-order valence-corrected chi connectivity index (χ3v) is 4.08. The summed E-state index contributed by atoms with van der Waals surface area (Å²) in [6.07, 6.45) is 0. The lowest BCUT2D eigenvalue weighted by molar-refractivity contribution is 0.632. The molecule has 0 aliphatic carbocycles. The predicted molar refractivity (Wildman–Crippen MR) is 86.9 cm³/mol. The molecule has 1 heterocycles. The quantitative estimate of drug-likeness (QED) is 0.418. The van der Waals surface area contributed by atoms with Gasteiger partial charge in [0.25, 0.3) is 0 Å². The number of benzene rings is 3. The molecular formula is C18H11BrO. The Morgan fingerprint density at radius 3 is 2.40 bits per heavy atom. The average Bonchev–Trinajstić information content (AvgIpc) is 2.92. The van der Waals surface area contributed by atoms with Crippen molar-refractivity contribution in [3.63, 3.8) is 0 Å². The monoisotopic (exact) mass is 322 g/mol. The zero-order chi connectivity index (χ0) is 13.5. The van der Waals surface area contributed by atoms with Crippen LogP contribution in [-0.4, -0.2) is 0 Å². The van der Waals surface area contributed by atoms with E-state index in [1.165, 1.54) is 16.2 Å². The van der Waals surface area contributed by atoms with Gasteiger partial charge in [-0.2, -0.15) is 0 Å². The molecule has 0 radical (unpaired) electrons. The number of rotatable bonds is 1. The highest BCUT2D eigenvalue weighted by Gasteiger charge is 2.08. The lowest BCUT2D eigenvalue weighted by Gasteiger charge is -1.96. The fourth-order valence-electron chi connectivity index (χ4n) is 2.55. The van der Waals surface area contributed by atoms with Gasteiger partial charge in [-0.3, -0.25) is 0 Å². The van der Waals surface area contributed by atoms with Crippen molar-refractivity contribution >= 4 is 37.7 Å². The van der Waals surface area contributed by atoms with Gasteiger partial charge in [-0.25, -0.2) is 0 Å². The van der Waals surface area contributed by atoms with Gasteiger partial charge in [-0.1, -0.05) is 58.4 Å². The van der Waals surface area contributed by atoms with Crippen LogP contribution in [0, 0.1) is 0 Å². The lowest BCUT2D eigenvalue weighted by Crippen LogP contribution is -1.72. The van der Waals surface area contributed by atoms with E-state index in [2.05, 4.69) is 64.5 Å². The first-order valence-corrected chi connectivity index (χ1v) is 7.28. The van der Waals surface area contributed by atoms with Crippen LogP contribution in [-0.2, 0) is 0 Å². The summed E-state index contributed by atoms with van der Waals surface area (Å²) in [4.78, 5) is 0. The van der Waals surface area contributed by atoms with Gasteiger partial charge < -0.3 is 4.42 Å². The minimum atomic E-state index is 0.906. The summed E-state index contributed by atoms with van der Waals surface area (Å²) in [5, 5.41) is 3.64. The third-order valence-electron chi connectivity index (χ3n) is 3.55. The second-order valence-corrected chi connectivity index (χ2v) is 5.73. The molecule has 0 spiro atoms. The Morgan fingerprint density at radius 1 is 0.750 bits per heavy atom. The summed E-state index contributed by atoms with van der Waals surface area (Å²) < 4.78 is 7.06. The van der Waals surface area contributed by atoms with Gasteiger partial charge in [-0.05, 0) is 35.0 Å². The number of hydrogen-bond donors (Lipinski definition) is 0. The van der Waals surface area contributed by atoms with E-state index in [-0.39, 0.29) is 0 Å². The van der Waals surface area contributed by atoms with Crippen LogP contribution >= 0.6 is 15.9 Å². The fourth-order valence-corrected chi connectivity index (χ4v) is 2.81. The number of fused-ring (bicyclic) bond motifs is 3. The second-order valence-electron chi connectivity index (χ2n) is 4.82. The summed E-state index contributed by atoms with van der Waals surface area (Å²) in [5.74, 6) is 0.906. The van der Waals surface area contributed by atoms with E-state index in [4.69, 9.17) is 4.42 Å². The average molecular weight is 323 g/mol. The minimum absolute atomic E-state index is 0.906.